The second-order valence-electron chi connectivity index (χ2n) is 4.23. The Morgan fingerprint density at radius 1 is 1.06 bits per heavy atom. The summed E-state index contributed by atoms with van der Waals surface area (Å²) >= 11 is 0. The topological polar surface area (TPSA) is 73.9 Å². The summed E-state index contributed by atoms with van der Waals surface area (Å²) in [6.07, 6.45) is 0. The molecular weight excluding hydrogens is 228 g/mol. The second kappa shape index (κ2) is 4.60. The lowest BCUT2D eigenvalue weighted by Gasteiger charge is -2.12. The van der Waals surface area contributed by atoms with Gasteiger partial charge in [-0.2, -0.15) is 9.97 Å². The summed E-state index contributed by atoms with van der Waals surface area (Å²) in [4.78, 5) is 12.5. The Kier molecular flexibility index (Phi) is 3.14. The third kappa shape index (κ3) is 2.25. The minimum Gasteiger partial charge on any atom is -0.496 e. The summed E-state index contributed by atoms with van der Waals surface area (Å²) < 4.78 is 5.42. The molecule has 0 fully saturated rings. The standard InChI is InChI=1S/C13H16N4O/c1-7-5-8(2)11(18-4)10(6-7)12-15-9(3)16-13(14)17-12/h5-6H,1-4H3,(H2,14,15,16,17). The molecule has 0 atom stereocenters. The van der Waals surface area contributed by atoms with Crippen LogP contribution < -0.4 is 10.5 Å². The summed E-state index contributed by atoms with van der Waals surface area (Å²) in [6, 6.07) is 4.04. The van der Waals surface area contributed by atoms with Gasteiger partial charge in [0.25, 0.3) is 0 Å². The molecule has 0 amide bonds. The molecule has 2 N–H and O–H groups in total. The maximum absolute atomic E-state index is 5.66. The number of methoxy groups -OCH3 is 1. The van der Waals surface area contributed by atoms with Crippen LogP contribution in [-0.2, 0) is 0 Å². The van der Waals surface area contributed by atoms with Crippen LogP contribution in [0.3, 0.4) is 0 Å². The molecule has 18 heavy (non-hydrogen) atoms. The van der Waals surface area contributed by atoms with E-state index in [4.69, 9.17) is 10.5 Å². The van der Waals surface area contributed by atoms with Gasteiger partial charge >= 0.3 is 0 Å². The molecule has 0 aliphatic carbocycles. The highest BCUT2D eigenvalue weighted by Gasteiger charge is 2.13. The zero-order valence-corrected chi connectivity index (χ0v) is 11.0. The van der Waals surface area contributed by atoms with Crippen LogP contribution in [0, 0.1) is 20.8 Å². The number of nitrogens with two attached hydrogens (primary N) is 1. The summed E-state index contributed by atoms with van der Waals surface area (Å²) in [5.74, 6) is 2.13. The van der Waals surface area contributed by atoms with Crippen LogP contribution in [0.4, 0.5) is 5.95 Å². The maximum atomic E-state index is 5.66. The lowest BCUT2D eigenvalue weighted by molar-refractivity contribution is 0.413. The number of benzene rings is 1. The number of ether oxygens (including phenoxy) is 1. The van der Waals surface area contributed by atoms with Crippen molar-refractivity contribution in [3.05, 3.63) is 29.1 Å². The number of rotatable bonds is 2. The monoisotopic (exact) mass is 244 g/mol. The van der Waals surface area contributed by atoms with E-state index in [9.17, 15) is 0 Å². The third-order valence-electron chi connectivity index (χ3n) is 2.63. The Balaban J connectivity index is 2.69. The number of hydrogen-bond donors (Lipinski definition) is 1. The second-order valence-corrected chi connectivity index (χ2v) is 4.23. The first-order valence-corrected chi connectivity index (χ1v) is 5.65. The van der Waals surface area contributed by atoms with E-state index in [0.717, 1.165) is 22.4 Å². The van der Waals surface area contributed by atoms with E-state index >= 15 is 0 Å². The fourth-order valence-corrected chi connectivity index (χ4v) is 2.01. The van der Waals surface area contributed by atoms with Crippen molar-refractivity contribution in [1.82, 2.24) is 15.0 Å². The molecule has 0 saturated carbocycles. The van der Waals surface area contributed by atoms with Crippen LogP contribution in [0.1, 0.15) is 17.0 Å². The number of nitrogen functional groups attached to an aromatic ring is 1. The highest BCUT2D eigenvalue weighted by molar-refractivity contribution is 5.68. The molecule has 5 heteroatoms. The van der Waals surface area contributed by atoms with Crippen molar-refractivity contribution in [2.24, 2.45) is 0 Å². The van der Waals surface area contributed by atoms with Crippen molar-refractivity contribution in [3.63, 3.8) is 0 Å². The van der Waals surface area contributed by atoms with Gasteiger partial charge in [0.1, 0.15) is 11.6 Å². The minimum atomic E-state index is 0.221. The maximum Gasteiger partial charge on any atom is 0.223 e. The number of aryl methyl sites for hydroxylation is 3. The van der Waals surface area contributed by atoms with Crippen LogP contribution in [-0.4, -0.2) is 22.1 Å². The average Bonchev–Trinajstić information content (AvgIpc) is 2.26. The van der Waals surface area contributed by atoms with Crippen molar-refractivity contribution in [1.29, 1.82) is 0 Å². The Morgan fingerprint density at radius 3 is 2.39 bits per heavy atom. The van der Waals surface area contributed by atoms with Crippen LogP contribution in [0.15, 0.2) is 12.1 Å². The average molecular weight is 244 g/mol. The number of nitrogens with zero attached hydrogens (tertiary/aromatic N) is 3. The van der Waals surface area contributed by atoms with Gasteiger partial charge in [0, 0.05) is 0 Å². The molecule has 2 aromatic rings. The van der Waals surface area contributed by atoms with Gasteiger partial charge in [-0.1, -0.05) is 6.07 Å². The summed E-state index contributed by atoms with van der Waals surface area (Å²) in [7, 11) is 1.64. The molecule has 94 valence electrons. The third-order valence-corrected chi connectivity index (χ3v) is 2.63. The smallest absolute Gasteiger partial charge is 0.223 e. The van der Waals surface area contributed by atoms with E-state index < -0.39 is 0 Å². The molecule has 0 unspecified atom stereocenters. The van der Waals surface area contributed by atoms with Crippen LogP contribution in [0.25, 0.3) is 11.4 Å². The van der Waals surface area contributed by atoms with Gasteiger partial charge in [-0.25, -0.2) is 4.98 Å². The highest BCUT2D eigenvalue weighted by Crippen LogP contribution is 2.32. The van der Waals surface area contributed by atoms with Gasteiger partial charge in [0.05, 0.1) is 12.7 Å². The lowest BCUT2D eigenvalue weighted by atomic mass is 10.0. The lowest BCUT2D eigenvalue weighted by Crippen LogP contribution is -2.03. The quantitative estimate of drug-likeness (QED) is 0.875. The van der Waals surface area contributed by atoms with E-state index in [1.54, 1.807) is 14.0 Å². The fourth-order valence-electron chi connectivity index (χ4n) is 2.01. The first-order chi connectivity index (χ1) is 8.51. The van der Waals surface area contributed by atoms with Crippen molar-refractivity contribution in [3.8, 4) is 17.1 Å². The molecule has 0 aliphatic rings. The van der Waals surface area contributed by atoms with Crippen LogP contribution in [0.5, 0.6) is 5.75 Å². The number of aromatic nitrogens is 3. The van der Waals surface area contributed by atoms with E-state index in [1.165, 1.54) is 0 Å². The Labute approximate surface area is 106 Å². The van der Waals surface area contributed by atoms with Crippen LogP contribution >= 0.6 is 0 Å². The van der Waals surface area contributed by atoms with E-state index in [0.29, 0.717) is 11.6 Å². The molecule has 0 bridgehead atoms. The van der Waals surface area contributed by atoms with Gasteiger partial charge in [0.2, 0.25) is 5.95 Å². The van der Waals surface area contributed by atoms with Gasteiger partial charge in [0.15, 0.2) is 5.82 Å². The molecule has 0 aliphatic heterocycles. The summed E-state index contributed by atoms with van der Waals surface area (Å²) in [6.45, 7) is 5.80. The predicted octanol–water partition coefficient (Wildman–Crippen LogP) is 2.05. The first kappa shape index (κ1) is 12.3. The van der Waals surface area contributed by atoms with E-state index in [-0.39, 0.29) is 5.95 Å². The van der Waals surface area contributed by atoms with Crippen LogP contribution in [0.2, 0.25) is 0 Å². The van der Waals surface area contributed by atoms with Gasteiger partial charge in [-0.15, -0.1) is 0 Å². The molecular formula is C13H16N4O. The Bertz CT molecular complexity index is 576. The van der Waals surface area contributed by atoms with E-state index in [1.807, 2.05) is 19.9 Å². The molecule has 0 saturated heterocycles. The molecule has 1 aromatic heterocycles. The van der Waals surface area contributed by atoms with Crippen molar-refractivity contribution in [2.45, 2.75) is 20.8 Å². The van der Waals surface area contributed by atoms with Crippen molar-refractivity contribution < 1.29 is 4.74 Å². The SMILES string of the molecule is COc1c(C)cc(C)cc1-c1nc(C)nc(N)n1. The minimum absolute atomic E-state index is 0.221. The largest absolute Gasteiger partial charge is 0.496 e. The zero-order chi connectivity index (χ0) is 13.3. The first-order valence-electron chi connectivity index (χ1n) is 5.65. The molecule has 2 rings (SSSR count). The molecule has 1 heterocycles. The zero-order valence-electron chi connectivity index (χ0n) is 11.0. The molecule has 1 aromatic carbocycles. The summed E-state index contributed by atoms with van der Waals surface area (Å²) in [5, 5.41) is 0. The predicted molar refractivity (Wildman–Crippen MR) is 70.4 cm³/mol. The summed E-state index contributed by atoms with van der Waals surface area (Å²) in [5.41, 5.74) is 8.67. The molecule has 0 spiro atoms. The van der Waals surface area contributed by atoms with Crippen molar-refractivity contribution >= 4 is 5.95 Å². The van der Waals surface area contributed by atoms with Crippen molar-refractivity contribution in [2.75, 3.05) is 12.8 Å². The Morgan fingerprint density at radius 2 is 1.78 bits per heavy atom. The van der Waals surface area contributed by atoms with Gasteiger partial charge < -0.3 is 10.5 Å². The number of hydrogen-bond acceptors (Lipinski definition) is 5. The van der Waals surface area contributed by atoms with Gasteiger partial charge in [-0.05, 0) is 38.0 Å². The molecule has 0 radical (unpaired) electrons. The highest BCUT2D eigenvalue weighted by atomic mass is 16.5. The van der Waals surface area contributed by atoms with E-state index in [2.05, 4.69) is 21.0 Å². The fraction of sp³-hybridized carbons (Fsp3) is 0.308. The van der Waals surface area contributed by atoms with Gasteiger partial charge in [-0.3, -0.25) is 0 Å². The number of anilines is 1. The normalized spacial score (nSPS) is 10.4. The Hall–Kier alpha value is -2.17. The molecule has 5 nitrogen and oxygen atoms in total.